The van der Waals surface area contributed by atoms with Crippen LogP contribution in [-0.4, -0.2) is 11.2 Å². The Kier molecular flexibility index (Phi) is 5.90. The largest absolute Gasteiger partial charge is 1.00 e. The van der Waals surface area contributed by atoms with Crippen LogP contribution in [0.4, 0.5) is 0 Å². The number of aliphatic hydroxyl groups excluding tert-OH is 1. The molecule has 0 aliphatic heterocycles. The van der Waals surface area contributed by atoms with Gasteiger partial charge in [-0.2, -0.15) is 0 Å². The van der Waals surface area contributed by atoms with Gasteiger partial charge in [0.1, 0.15) is 7.05 Å². The molecule has 0 amide bonds. The summed E-state index contributed by atoms with van der Waals surface area (Å²) in [4.78, 5) is 0. The number of nitrogens with zero attached hydrogens (tertiary/aromatic N) is 1. The minimum Gasteiger partial charge on any atom is -1.00 e. The van der Waals surface area contributed by atoms with Crippen molar-refractivity contribution in [3.63, 3.8) is 0 Å². The van der Waals surface area contributed by atoms with Crippen LogP contribution in [0, 0.1) is 0 Å². The number of pyridine rings is 1. The maximum absolute atomic E-state index is 9.01. The Morgan fingerprint density at radius 1 is 1.46 bits per heavy atom. The summed E-state index contributed by atoms with van der Waals surface area (Å²) in [6.45, 7) is 1.74. The second-order valence-corrected chi connectivity index (χ2v) is 2.84. The van der Waals surface area contributed by atoms with Gasteiger partial charge in [-0.15, -0.1) is 0 Å². The molecule has 0 bridgehead atoms. The molecule has 72 valence electrons. The molecule has 0 fully saturated rings. The predicted molar refractivity (Wildman–Crippen MR) is 48.3 cm³/mol. The third-order valence-corrected chi connectivity index (χ3v) is 1.64. The smallest absolute Gasteiger partial charge is 0.204 e. The van der Waals surface area contributed by atoms with E-state index in [1.54, 1.807) is 13.0 Å². The van der Waals surface area contributed by atoms with Gasteiger partial charge in [-0.1, -0.05) is 0 Å². The van der Waals surface area contributed by atoms with E-state index in [0.29, 0.717) is 0 Å². The lowest BCUT2D eigenvalue weighted by molar-refractivity contribution is -0.673. The third kappa shape index (κ3) is 4.38. The molecule has 13 heavy (non-hydrogen) atoms. The molecule has 0 saturated heterocycles. The Hall–Kier alpha value is -0.420. The van der Waals surface area contributed by atoms with Crippen molar-refractivity contribution in [2.24, 2.45) is 7.05 Å². The molecular formula is C10H14INO. The number of aryl methyl sites for hydroxylation is 1. The van der Waals surface area contributed by atoms with E-state index in [2.05, 4.69) is 0 Å². The fourth-order valence-electron chi connectivity index (χ4n) is 0.948. The van der Waals surface area contributed by atoms with Gasteiger partial charge in [0, 0.05) is 18.2 Å². The van der Waals surface area contributed by atoms with Crippen molar-refractivity contribution < 1.29 is 33.7 Å². The van der Waals surface area contributed by atoms with E-state index < -0.39 is 0 Å². The number of aliphatic hydroxyl groups is 1. The molecule has 0 saturated carbocycles. The van der Waals surface area contributed by atoms with Crippen molar-refractivity contribution in [3.8, 4) is 0 Å². The first kappa shape index (κ1) is 12.6. The molecule has 1 aromatic rings. The maximum atomic E-state index is 9.01. The highest BCUT2D eigenvalue weighted by Crippen LogP contribution is 1.95. The summed E-state index contributed by atoms with van der Waals surface area (Å²) in [7, 11) is 1.97. The average molecular weight is 291 g/mol. The van der Waals surface area contributed by atoms with Gasteiger partial charge in [-0.3, -0.25) is 0 Å². The van der Waals surface area contributed by atoms with Gasteiger partial charge in [-0.25, -0.2) is 4.57 Å². The normalized spacial score (nSPS) is 12.5. The van der Waals surface area contributed by atoms with E-state index in [9.17, 15) is 0 Å². The Morgan fingerprint density at radius 2 is 2.15 bits per heavy atom. The van der Waals surface area contributed by atoms with Crippen LogP contribution in [0.2, 0.25) is 0 Å². The summed E-state index contributed by atoms with van der Waals surface area (Å²) in [5.74, 6) is 0. The summed E-state index contributed by atoms with van der Waals surface area (Å²) < 4.78 is 2.00. The first-order valence-corrected chi connectivity index (χ1v) is 4.01. The van der Waals surface area contributed by atoms with Crippen LogP contribution in [-0.2, 0) is 7.05 Å². The van der Waals surface area contributed by atoms with Crippen LogP contribution >= 0.6 is 0 Å². The number of aromatic nitrogens is 1. The van der Waals surface area contributed by atoms with Gasteiger partial charge < -0.3 is 29.1 Å². The molecule has 3 heteroatoms. The zero-order valence-corrected chi connectivity index (χ0v) is 9.97. The van der Waals surface area contributed by atoms with Crippen LogP contribution in [0.5, 0.6) is 0 Å². The lowest BCUT2D eigenvalue weighted by Crippen LogP contribution is -3.00. The Balaban J connectivity index is 0.00000144. The molecule has 2 nitrogen and oxygen atoms in total. The van der Waals surface area contributed by atoms with Crippen LogP contribution in [0.3, 0.4) is 0 Å². The van der Waals surface area contributed by atoms with Gasteiger partial charge >= 0.3 is 0 Å². The number of hydrogen-bond acceptors (Lipinski definition) is 1. The van der Waals surface area contributed by atoms with E-state index in [-0.39, 0.29) is 30.1 Å². The van der Waals surface area contributed by atoms with E-state index >= 15 is 0 Å². The molecule has 1 unspecified atom stereocenters. The number of hydrogen-bond donors (Lipinski definition) is 1. The van der Waals surface area contributed by atoms with Gasteiger partial charge in [-0.05, 0) is 19.1 Å². The quantitative estimate of drug-likeness (QED) is 0.490. The van der Waals surface area contributed by atoms with Gasteiger partial charge in [0.15, 0.2) is 6.20 Å². The fraction of sp³-hybridized carbons (Fsp3) is 0.300. The average Bonchev–Trinajstić information content (AvgIpc) is 2.03. The predicted octanol–water partition coefficient (Wildman–Crippen LogP) is -2.09. The second kappa shape index (κ2) is 6.10. The maximum Gasteiger partial charge on any atom is 0.204 e. The summed E-state index contributed by atoms with van der Waals surface area (Å²) >= 11 is 0. The monoisotopic (exact) mass is 291 g/mol. The van der Waals surface area contributed by atoms with Crippen LogP contribution in [0.25, 0.3) is 6.08 Å². The highest BCUT2D eigenvalue weighted by Gasteiger charge is 1.98. The molecule has 0 aromatic carbocycles. The second-order valence-electron chi connectivity index (χ2n) is 2.84. The highest BCUT2D eigenvalue weighted by molar-refractivity contribution is 5.41. The zero-order valence-electron chi connectivity index (χ0n) is 7.81. The molecule has 0 spiro atoms. The standard InChI is InChI=1S/C10H14NO.HI/c1-9(12)6-7-10-5-3-4-8-11(10)2;/h3-9,12H,1-2H3;1H/q+1;/p-1/b7-6+;. The topological polar surface area (TPSA) is 24.1 Å². The van der Waals surface area contributed by atoms with Crippen LogP contribution in [0.15, 0.2) is 30.5 Å². The van der Waals surface area contributed by atoms with Crippen molar-refractivity contribution in [3.05, 3.63) is 36.2 Å². The first-order valence-electron chi connectivity index (χ1n) is 4.01. The minimum atomic E-state index is -0.384. The lowest BCUT2D eigenvalue weighted by atomic mass is 10.3. The number of rotatable bonds is 2. The Labute approximate surface area is 95.9 Å². The summed E-state index contributed by atoms with van der Waals surface area (Å²) in [6, 6.07) is 5.94. The molecule has 0 aliphatic rings. The summed E-state index contributed by atoms with van der Waals surface area (Å²) in [5.41, 5.74) is 1.08. The molecule has 1 rings (SSSR count). The van der Waals surface area contributed by atoms with Crippen molar-refractivity contribution >= 4 is 6.08 Å². The molecule has 1 atom stereocenters. The van der Waals surface area contributed by atoms with E-state index in [0.717, 1.165) is 5.69 Å². The van der Waals surface area contributed by atoms with Crippen molar-refractivity contribution in [2.75, 3.05) is 0 Å². The molecule has 0 radical (unpaired) electrons. The van der Waals surface area contributed by atoms with Gasteiger partial charge in [0.25, 0.3) is 0 Å². The first-order chi connectivity index (χ1) is 5.70. The minimum absolute atomic E-state index is 0. The lowest BCUT2D eigenvalue weighted by Gasteiger charge is -1.94. The third-order valence-electron chi connectivity index (χ3n) is 1.64. The van der Waals surface area contributed by atoms with E-state index in [1.807, 2.05) is 42.1 Å². The number of halogens is 1. The van der Waals surface area contributed by atoms with Crippen molar-refractivity contribution in [2.45, 2.75) is 13.0 Å². The van der Waals surface area contributed by atoms with E-state index in [4.69, 9.17) is 5.11 Å². The molecule has 1 aromatic heterocycles. The Bertz CT molecular complexity index is 284. The molecule has 1 N–H and O–H groups in total. The molecule has 1 heterocycles. The van der Waals surface area contributed by atoms with Crippen LogP contribution < -0.4 is 28.5 Å². The van der Waals surface area contributed by atoms with E-state index in [1.165, 1.54) is 0 Å². The summed E-state index contributed by atoms with van der Waals surface area (Å²) in [5, 5.41) is 9.01. The Morgan fingerprint density at radius 3 is 2.69 bits per heavy atom. The van der Waals surface area contributed by atoms with Crippen LogP contribution in [0.1, 0.15) is 12.6 Å². The van der Waals surface area contributed by atoms with Crippen molar-refractivity contribution in [1.82, 2.24) is 0 Å². The summed E-state index contributed by atoms with van der Waals surface area (Å²) in [6.07, 6.45) is 5.26. The molecule has 0 aliphatic carbocycles. The van der Waals surface area contributed by atoms with Crippen molar-refractivity contribution in [1.29, 1.82) is 0 Å². The molecular weight excluding hydrogens is 277 g/mol. The van der Waals surface area contributed by atoms with Gasteiger partial charge in [0.05, 0.1) is 6.10 Å². The SMILES string of the molecule is CC(O)/C=C/c1cccc[n+]1C.[I-]. The van der Waals surface area contributed by atoms with Gasteiger partial charge in [0.2, 0.25) is 5.69 Å². The fourth-order valence-corrected chi connectivity index (χ4v) is 0.948. The highest BCUT2D eigenvalue weighted by atomic mass is 127. The zero-order chi connectivity index (χ0) is 8.97.